The number of hydrogen-bond donors (Lipinski definition) is 0. The monoisotopic (exact) mass is 400 g/mol. The molecule has 7 heteroatoms. The number of pyridine rings is 1. The molecule has 0 N–H and O–H groups in total. The topological polar surface area (TPSA) is 66.0 Å². The zero-order valence-electron chi connectivity index (χ0n) is 17.2. The molecule has 3 saturated heterocycles. The van der Waals surface area contributed by atoms with Crippen molar-refractivity contribution in [1.82, 2.24) is 19.7 Å². The van der Waals surface area contributed by atoms with Gasteiger partial charge in [-0.2, -0.15) is 0 Å². The molecule has 0 radical (unpaired) electrons. The Morgan fingerprint density at radius 1 is 1.03 bits per heavy atom. The minimum absolute atomic E-state index is 0.118. The lowest BCUT2D eigenvalue weighted by atomic mass is 9.92. The fourth-order valence-corrected chi connectivity index (χ4v) is 4.85. The summed E-state index contributed by atoms with van der Waals surface area (Å²) < 4.78 is 5.38. The second-order valence-electron chi connectivity index (χ2n) is 8.42. The van der Waals surface area contributed by atoms with Crippen LogP contribution < -0.4 is 0 Å². The first-order valence-corrected chi connectivity index (χ1v) is 11.0. The van der Waals surface area contributed by atoms with Crippen molar-refractivity contribution in [2.45, 2.75) is 38.1 Å². The Morgan fingerprint density at radius 3 is 2.55 bits per heavy atom. The van der Waals surface area contributed by atoms with E-state index in [2.05, 4.69) is 9.88 Å². The molecule has 3 aliphatic rings. The van der Waals surface area contributed by atoms with Crippen molar-refractivity contribution in [3.63, 3.8) is 0 Å². The third-order valence-electron chi connectivity index (χ3n) is 6.54. The Kier molecular flexibility index (Phi) is 6.77. The smallest absolute Gasteiger partial charge is 0.227 e. The van der Waals surface area contributed by atoms with Crippen LogP contribution in [0.15, 0.2) is 24.5 Å². The van der Waals surface area contributed by atoms with Gasteiger partial charge in [0.15, 0.2) is 0 Å². The number of piperidine rings is 2. The number of amides is 2. The van der Waals surface area contributed by atoms with Crippen LogP contribution in [0.5, 0.6) is 0 Å². The molecule has 158 valence electrons. The largest absolute Gasteiger partial charge is 0.378 e. The minimum Gasteiger partial charge on any atom is -0.378 e. The fraction of sp³-hybridized carbons (Fsp3) is 0.682. The molecule has 4 heterocycles. The van der Waals surface area contributed by atoms with Crippen LogP contribution in [0.25, 0.3) is 0 Å². The van der Waals surface area contributed by atoms with Crippen LogP contribution in [0.4, 0.5) is 0 Å². The Hall–Kier alpha value is -1.99. The van der Waals surface area contributed by atoms with Gasteiger partial charge in [-0.25, -0.2) is 0 Å². The lowest BCUT2D eigenvalue weighted by Gasteiger charge is -2.43. The highest BCUT2D eigenvalue weighted by atomic mass is 16.5. The van der Waals surface area contributed by atoms with Crippen molar-refractivity contribution in [3.8, 4) is 0 Å². The average molecular weight is 401 g/mol. The first kappa shape index (κ1) is 20.3. The van der Waals surface area contributed by atoms with Gasteiger partial charge in [-0.1, -0.05) is 6.07 Å². The molecule has 1 unspecified atom stereocenters. The van der Waals surface area contributed by atoms with Crippen molar-refractivity contribution < 1.29 is 14.3 Å². The van der Waals surface area contributed by atoms with Gasteiger partial charge in [0.2, 0.25) is 11.8 Å². The Morgan fingerprint density at radius 2 is 1.83 bits per heavy atom. The SMILES string of the molecule is O=C(Cc1cccnc1)N1CCC(N2CCCC(C(=O)N3CCOCC3)C2)CC1. The van der Waals surface area contributed by atoms with Gasteiger partial charge in [-0.05, 0) is 43.9 Å². The lowest BCUT2D eigenvalue weighted by molar-refractivity contribution is -0.142. The third-order valence-corrected chi connectivity index (χ3v) is 6.54. The molecule has 3 fully saturated rings. The molecule has 7 nitrogen and oxygen atoms in total. The zero-order valence-corrected chi connectivity index (χ0v) is 17.2. The summed E-state index contributed by atoms with van der Waals surface area (Å²) in [7, 11) is 0. The lowest BCUT2D eigenvalue weighted by Crippen LogP contribution is -2.53. The summed E-state index contributed by atoms with van der Waals surface area (Å²) in [5, 5.41) is 0. The highest BCUT2D eigenvalue weighted by Gasteiger charge is 2.34. The number of likely N-dealkylation sites (tertiary alicyclic amines) is 2. The summed E-state index contributed by atoms with van der Waals surface area (Å²) in [5.41, 5.74) is 0.972. The summed E-state index contributed by atoms with van der Waals surface area (Å²) in [6.45, 7) is 6.33. The van der Waals surface area contributed by atoms with Gasteiger partial charge in [0.05, 0.1) is 25.6 Å². The van der Waals surface area contributed by atoms with Crippen molar-refractivity contribution in [2.24, 2.45) is 5.92 Å². The summed E-state index contributed by atoms with van der Waals surface area (Å²) in [6, 6.07) is 4.31. The Balaban J connectivity index is 1.25. The number of aromatic nitrogens is 1. The number of rotatable bonds is 4. The van der Waals surface area contributed by atoms with Gasteiger partial charge in [-0.15, -0.1) is 0 Å². The van der Waals surface area contributed by atoms with E-state index >= 15 is 0 Å². The normalized spacial score (nSPS) is 24.5. The average Bonchev–Trinajstić information content (AvgIpc) is 2.80. The van der Waals surface area contributed by atoms with Crippen LogP contribution in [-0.4, -0.2) is 90.0 Å². The first-order valence-electron chi connectivity index (χ1n) is 11.0. The molecule has 0 aliphatic carbocycles. The van der Waals surface area contributed by atoms with Crippen LogP contribution in [0.1, 0.15) is 31.2 Å². The molecule has 3 aliphatic heterocycles. The van der Waals surface area contributed by atoms with Crippen molar-refractivity contribution in [3.05, 3.63) is 30.1 Å². The fourth-order valence-electron chi connectivity index (χ4n) is 4.85. The first-order chi connectivity index (χ1) is 14.2. The van der Waals surface area contributed by atoms with Crippen LogP contribution in [0.3, 0.4) is 0 Å². The quantitative estimate of drug-likeness (QED) is 0.760. The standard InChI is InChI=1S/C22H32N4O3/c27-21(15-18-3-1-7-23-16-18)24-9-5-20(6-10-24)26-8-2-4-19(17-26)22(28)25-11-13-29-14-12-25/h1,3,7,16,19-20H,2,4-6,8-15,17H2. The molecule has 0 spiro atoms. The van der Waals surface area contributed by atoms with Gasteiger partial charge in [0.25, 0.3) is 0 Å². The summed E-state index contributed by atoms with van der Waals surface area (Å²) in [6.07, 6.45) is 8.00. The number of hydrogen-bond acceptors (Lipinski definition) is 5. The number of ether oxygens (including phenoxy) is 1. The van der Waals surface area contributed by atoms with E-state index in [1.165, 1.54) is 0 Å². The molecule has 1 atom stereocenters. The molecule has 29 heavy (non-hydrogen) atoms. The molecule has 1 aromatic rings. The van der Waals surface area contributed by atoms with E-state index < -0.39 is 0 Å². The highest BCUT2D eigenvalue weighted by Crippen LogP contribution is 2.25. The number of carbonyl (C=O) groups excluding carboxylic acids is 2. The number of morpholine rings is 1. The van der Waals surface area contributed by atoms with Crippen LogP contribution in [0.2, 0.25) is 0 Å². The zero-order chi connectivity index (χ0) is 20.1. The van der Waals surface area contributed by atoms with E-state index in [9.17, 15) is 9.59 Å². The Bertz CT molecular complexity index is 685. The summed E-state index contributed by atoms with van der Waals surface area (Å²) in [5.74, 6) is 0.615. The van der Waals surface area contributed by atoms with Crippen molar-refractivity contribution >= 4 is 11.8 Å². The predicted molar refractivity (Wildman–Crippen MR) is 109 cm³/mol. The minimum atomic E-state index is 0.118. The van der Waals surface area contributed by atoms with Crippen molar-refractivity contribution in [2.75, 3.05) is 52.5 Å². The molecular weight excluding hydrogens is 368 g/mol. The van der Waals surface area contributed by atoms with E-state index in [4.69, 9.17) is 4.74 Å². The third kappa shape index (κ3) is 5.14. The molecular formula is C22H32N4O3. The predicted octanol–water partition coefficient (Wildman–Crippen LogP) is 1.19. The maximum Gasteiger partial charge on any atom is 0.227 e. The van der Waals surface area contributed by atoms with Crippen LogP contribution in [0, 0.1) is 5.92 Å². The Labute approximate surface area is 173 Å². The maximum atomic E-state index is 12.9. The van der Waals surface area contributed by atoms with Gasteiger partial charge < -0.3 is 14.5 Å². The number of carbonyl (C=O) groups is 2. The van der Waals surface area contributed by atoms with E-state index in [1.54, 1.807) is 12.4 Å². The maximum absolute atomic E-state index is 12.9. The second-order valence-corrected chi connectivity index (χ2v) is 8.42. The van der Waals surface area contributed by atoms with E-state index in [1.807, 2.05) is 21.9 Å². The molecule has 4 rings (SSSR count). The summed E-state index contributed by atoms with van der Waals surface area (Å²) >= 11 is 0. The summed E-state index contributed by atoms with van der Waals surface area (Å²) in [4.78, 5) is 36.1. The van der Waals surface area contributed by atoms with E-state index in [0.717, 1.165) is 70.5 Å². The highest BCUT2D eigenvalue weighted by molar-refractivity contribution is 5.79. The molecule has 2 amide bonds. The second kappa shape index (κ2) is 9.67. The molecule has 0 bridgehead atoms. The number of nitrogens with zero attached hydrogens (tertiary/aromatic N) is 4. The van der Waals surface area contributed by atoms with Crippen molar-refractivity contribution in [1.29, 1.82) is 0 Å². The van der Waals surface area contributed by atoms with Gasteiger partial charge in [0, 0.05) is 51.2 Å². The van der Waals surface area contributed by atoms with Gasteiger partial charge in [0.1, 0.15) is 0 Å². The van der Waals surface area contributed by atoms with Crippen LogP contribution >= 0.6 is 0 Å². The molecule has 0 saturated carbocycles. The van der Waals surface area contributed by atoms with Gasteiger partial charge in [-0.3, -0.25) is 19.5 Å². The molecule has 0 aromatic carbocycles. The van der Waals surface area contributed by atoms with E-state index in [-0.39, 0.29) is 11.8 Å². The van der Waals surface area contributed by atoms with Gasteiger partial charge >= 0.3 is 0 Å². The van der Waals surface area contributed by atoms with E-state index in [0.29, 0.717) is 31.6 Å². The molecule has 1 aromatic heterocycles. The van der Waals surface area contributed by atoms with Crippen LogP contribution in [-0.2, 0) is 20.7 Å².